The summed E-state index contributed by atoms with van der Waals surface area (Å²) in [6.45, 7) is 5.16. The van der Waals surface area contributed by atoms with Gasteiger partial charge in [0.15, 0.2) is 0 Å². The minimum absolute atomic E-state index is 0.331. The van der Waals surface area contributed by atoms with E-state index in [1.54, 1.807) is 0 Å². The summed E-state index contributed by atoms with van der Waals surface area (Å²) in [5.41, 5.74) is 0. The molecular weight excluding hydrogens is 432 g/mol. The van der Waals surface area contributed by atoms with Crippen molar-refractivity contribution < 1.29 is 28.5 Å². The zero-order valence-electron chi connectivity index (χ0n) is 21.6. The van der Waals surface area contributed by atoms with Crippen LogP contribution in [0.15, 0.2) is 12.2 Å². The van der Waals surface area contributed by atoms with Gasteiger partial charge in [0.2, 0.25) is 0 Å². The quantitative estimate of drug-likeness (QED) is 0.0767. The fraction of sp³-hybridized carbons (Fsp3) is 0.857. The summed E-state index contributed by atoms with van der Waals surface area (Å²) in [6.07, 6.45) is 22.3. The van der Waals surface area contributed by atoms with Crippen molar-refractivity contribution in [3.05, 3.63) is 12.2 Å². The van der Waals surface area contributed by atoms with Crippen molar-refractivity contribution in [2.75, 3.05) is 13.2 Å². The second-order valence-electron chi connectivity index (χ2n) is 9.78. The van der Waals surface area contributed by atoms with E-state index in [9.17, 15) is 9.59 Å². The van der Waals surface area contributed by atoms with Gasteiger partial charge in [-0.2, -0.15) is 0 Å². The van der Waals surface area contributed by atoms with Gasteiger partial charge in [0.1, 0.15) is 0 Å². The largest absolute Gasteiger partial charge is 0.463 e. The van der Waals surface area contributed by atoms with Gasteiger partial charge in [0.25, 0.3) is 0 Å². The van der Waals surface area contributed by atoms with Crippen LogP contribution in [0.4, 0.5) is 0 Å². The van der Waals surface area contributed by atoms with Gasteiger partial charge < -0.3 is 18.9 Å². The van der Waals surface area contributed by atoms with Gasteiger partial charge in [-0.25, -0.2) is 9.59 Å². The molecule has 0 amide bonds. The molecule has 0 aromatic carbocycles. The van der Waals surface area contributed by atoms with Crippen LogP contribution >= 0.6 is 0 Å². The first-order valence-electron chi connectivity index (χ1n) is 14.0. The van der Waals surface area contributed by atoms with Crippen molar-refractivity contribution in [3.63, 3.8) is 0 Å². The number of ether oxygens (including phenoxy) is 4. The third kappa shape index (κ3) is 14.1. The number of hydrogen-bond acceptors (Lipinski definition) is 6. The summed E-state index contributed by atoms with van der Waals surface area (Å²) in [6, 6.07) is 0. The minimum Gasteiger partial charge on any atom is -0.463 e. The molecule has 2 fully saturated rings. The van der Waals surface area contributed by atoms with Crippen molar-refractivity contribution in [1.82, 2.24) is 0 Å². The number of hydrogen-bond donors (Lipinski definition) is 0. The standard InChI is InChI=1S/C28H48O6/c1-3-5-7-9-11-15-23-25(33-23)17-13-21-31-27(29)19-20-28(30)32-22-14-18-26-24(34-26)16-12-10-8-6-4-2/h19-20,23-26H,3-18,21-22H2,1-2H3/b20-19-. The Labute approximate surface area is 207 Å². The van der Waals surface area contributed by atoms with E-state index in [4.69, 9.17) is 18.9 Å². The molecule has 0 aromatic rings. The highest BCUT2D eigenvalue weighted by atomic mass is 16.6. The van der Waals surface area contributed by atoms with E-state index < -0.39 is 11.9 Å². The Balaban J connectivity index is 1.36. The van der Waals surface area contributed by atoms with Crippen LogP contribution in [0.2, 0.25) is 0 Å². The topological polar surface area (TPSA) is 77.7 Å². The maximum Gasteiger partial charge on any atom is 0.331 e. The zero-order valence-corrected chi connectivity index (χ0v) is 21.6. The first-order chi connectivity index (χ1) is 16.6. The Morgan fingerprint density at radius 3 is 1.29 bits per heavy atom. The molecule has 2 aliphatic rings. The Kier molecular flexibility index (Phi) is 15.2. The first kappa shape index (κ1) is 28.8. The summed E-state index contributed by atoms with van der Waals surface area (Å²) in [5, 5.41) is 0. The van der Waals surface area contributed by atoms with Crippen molar-refractivity contribution in [3.8, 4) is 0 Å². The molecule has 2 saturated heterocycles. The van der Waals surface area contributed by atoms with Gasteiger partial charge in [0.05, 0.1) is 37.6 Å². The Hall–Kier alpha value is -1.40. The normalized spacial score (nSPS) is 23.2. The predicted octanol–water partition coefficient (Wildman–Crippen LogP) is 6.45. The molecule has 0 aliphatic carbocycles. The average Bonchev–Trinajstić information content (AvgIpc) is 3.75. The van der Waals surface area contributed by atoms with Crippen molar-refractivity contribution >= 4 is 11.9 Å². The molecule has 0 bridgehead atoms. The van der Waals surface area contributed by atoms with Crippen LogP contribution in [0.3, 0.4) is 0 Å². The lowest BCUT2D eigenvalue weighted by Gasteiger charge is -2.02. The predicted molar refractivity (Wildman–Crippen MR) is 134 cm³/mol. The van der Waals surface area contributed by atoms with E-state index in [1.165, 1.54) is 64.2 Å². The summed E-state index contributed by atoms with van der Waals surface area (Å²) in [4.78, 5) is 23.5. The average molecular weight is 481 g/mol. The molecular formula is C28H48O6. The smallest absolute Gasteiger partial charge is 0.331 e. The molecule has 0 spiro atoms. The van der Waals surface area contributed by atoms with Gasteiger partial charge in [-0.1, -0.05) is 78.1 Å². The molecule has 4 unspecified atom stereocenters. The molecule has 0 aromatic heterocycles. The molecule has 6 nitrogen and oxygen atoms in total. The number of epoxide rings is 2. The van der Waals surface area contributed by atoms with E-state index in [1.807, 2.05) is 0 Å². The van der Waals surface area contributed by atoms with Crippen LogP contribution in [0.5, 0.6) is 0 Å². The number of carbonyl (C=O) groups is 2. The highest BCUT2D eigenvalue weighted by Crippen LogP contribution is 2.32. The fourth-order valence-electron chi connectivity index (χ4n) is 4.42. The maximum absolute atomic E-state index is 11.7. The maximum atomic E-state index is 11.7. The molecule has 2 aliphatic heterocycles. The van der Waals surface area contributed by atoms with Crippen molar-refractivity contribution in [1.29, 1.82) is 0 Å². The summed E-state index contributed by atoms with van der Waals surface area (Å²) in [5.74, 6) is -1.01. The third-order valence-corrected chi connectivity index (χ3v) is 6.67. The minimum atomic E-state index is -0.505. The molecule has 34 heavy (non-hydrogen) atoms. The molecule has 196 valence electrons. The first-order valence-corrected chi connectivity index (χ1v) is 14.0. The second-order valence-corrected chi connectivity index (χ2v) is 9.78. The van der Waals surface area contributed by atoms with Crippen LogP contribution in [0.25, 0.3) is 0 Å². The van der Waals surface area contributed by atoms with Crippen LogP contribution in [-0.2, 0) is 28.5 Å². The molecule has 0 N–H and O–H groups in total. The number of esters is 2. The summed E-state index contributed by atoms with van der Waals surface area (Å²) < 4.78 is 21.7. The lowest BCUT2D eigenvalue weighted by Crippen LogP contribution is -2.07. The number of rotatable bonds is 22. The van der Waals surface area contributed by atoms with Crippen LogP contribution in [0.1, 0.15) is 117 Å². The van der Waals surface area contributed by atoms with Gasteiger partial charge in [0, 0.05) is 12.2 Å². The van der Waals surface area contributed by atoms with Gasteiger partial charge in [-0.3, -0.25) is 0 Å². The van der Waals surface area contributed by atoms with Gasteiger partial charge in [-0.05, 0) is 38.5 Å². The molecule has 4 atom stereocenters. The third-order valence-electron chi connectivity index (χ3n) is 6.67. The Bertz CT molecular complexity index is 539. The van der Waals surface area contributed by atoms with E-state index in [2.05, 4.69) is 13.8 Å². The van der Waals surface area contributed by atoms with Crippen LogP contribution in [0, 0.1) is 0 Å². The van der Waals surface area contributed by atoms with Crippen molar-refractivity contribution in [2.45, 2.75) is 141 Å². The van der Waals surface area contributed by atoms with E-state index in [0.29, 0.717) is 37.6 Å². The van der Waals surface area contributed by atoms with Gasteiger partial charge >= 0.3 is 11.9 Å². The fourth-order valence-corrected chi connectivity index (χ4v) is 4.42. The molecule has 6 heteroatoms. The summed E-state index contributed by atoms with van der Waals surface area (Å²) in [7, 11) is 0. The summed E-state index contributed by atoms with van der Waals surface area (Å²) >= 11 is 0. The zero-order chi connectivity index (χ0) is 24.4. The van der Waals surface area contributed by atoms with Crippen LogP contribution in [-0.4, -0.2) is 49.6 Å². The lowest BCUT2D eigenvalue weighted by atomic mass is 10.1. The van der Waals surface area contributed by atoms with E-state index >= 15 is 0 Å². The molecule has 0 saturated carbocycles. The monoisotopic (exact) mass is 480 g/mol. The molecule has 0 radical (unpaired) electrons. The Morgan fingerprint density at radius 1 is 0.559 bits per heavy atom. The SMILES string of the molecule is CCCCCCCC1OC1CCCOC(=O)/C=C\C(=O)OCCCC1OC1CCCCCCC. The van der Waals surface area contributed by atoms with E-state index in [-0.39, 0.29) is 0 Å². The Morgan fingerprint density at radius 2 is 0.912 bits per heavy atom. The molecule has 2 rings (SSSR count). The van der Waals surface area contributed by atoms with Crippen LogP contribution < -0.4 is 0 Å². The van der Waals surface area contributed by atoms with E-state index in [0.717, 1.165) is 50.7 Å². The molecule has 2 heterocycles. The van der Waals surface area contributed by atoms with Gasteiger partial charge in [-0.15, -0.1) is 0 Å². The second kappa shape index (κ2) is 18.0. The number of carbonyl (C=O) groups excluding carboxylic acids is 2. The highest BCUT2D eigenvalue weighted by molar-refractivity contribution is 5.91. The number of unbranched alkanes of at least 4 members (excludes halogenated alkanes) is 8. The lowest BCUT2D eigenvalue weighted by molar-refractivity contribution is -0.140. The highest BCUT2D eigenvalue weighted by Gasteiger charge is 2.37. The van der Waals surface area contributed by atoms with Crippen molar-refractivity contribution in [2.24, 2.45) is 0 Å².